The lowest BCUT2D eigenvalue weighted by Gasteiger charge is -1.97. The second-order valence-electron chi connectivity index (χ2n) is 1.83. The summed E-state index contributed by atoms with van der Waals surface area (Å²) in [4.78, 5) is 7.22. The fourth-order valence-electron chi connectivity index (χ4n) is 0.484. The minimum atomic E-state index is -3.48. The maximum atomic E-state index is 10.5. The molecule has 0 atom stereocenters. The SMILES string of the molecule is CS(=O)(=O)Oc1cnccn1.O.O. The minimum Gasteiger partial charge on any atom is -0.412 e. The van der Waals surface area contributed by atoms with Crippen LogP contribution in [-0.2, 0) is 10.1 Å². The van der Waals surface area contributed by atoms with Crippen molar-refractivity contribution in [1.29, 1.82) is 0 Å². The van der Waals surface area contributed by atoms with Crippen molar-refractivity contribution in [3.05, 3.63) is 18.6 Å². The van der Waals surface area contributed by atoms with E-state index in [-0.39, 0.29) is 16.8 Å². The first-order valence-electron chi connectivity index (χ1n) is 2.73. The molecule has 7 nitrogen and oxygen atoms in total. The van der Waals surface area contributed by atoms with E-state index in [1.807, 2.05) is 0 Å². The molecule has 8 heteroatoms. The molecule has 0 aromatic carbocycles. The predicted octanol–water partition coefficient (Wildman–Crippen LogP) is -1.83. The fourth-order valence-corrected chi connectivity index (χ4v) is 0.880. The molecular formula is C5H10N2O5S. The Bertz CT molecular complexity index is 324. The predicted molar refractivity (Wildman–Crippen MR) is 44.7 cm³/mol. The van der Waals surface area contributed by atoms with Crippen molar-refractivity contribution >= 4 is 10.1 Å². The van der Waals surface area contributed by atoms with Gasteiger partial charge in [-0.25, -0.2) is 4.98 Å². The Balaban J connectivity index is 0. The van der Waals surface area contributed by atoms with Crippen LogP contribution >= 0.6 is 0 Å². The van der Waals surface area contributed by atoms with Crippen LogP contribution in [0.5, 0.6) is 5.88 Å². The number of nitrogens with zero attached hydrogens (tertiary/aromatic N) is 2. The number of hydrogen-bond acceptors (Lipinski definition) is 5. The van der Waals surface area contributed by atoms with Crippen LogP contribution in [0.3, 0.4) is 0 Å². The van der Waals surface area contributed by atoms with Gasteiger partial charge in [-0.2, -0.15) is 8.42 Å². The highest BCUT2D eigenvalue weighted by Crippen LogP contribution is 2.02. The molecule has 1 heterocycles. The van der Waals surface area contributed by atoms with Gasteiger partial charge in [-0.15, -0.1) is 0 Å². The van der Waals surface area contributed by atoms with Gasteiger partial charge in [0.05, 0.1) is 12.5 Å². The largest absolute Gasteiger partial charge is 0.412 e. The summed E-state index contributed by atoms with van der Waals surface area (Å²) in [6, 6.07) is 0. The summed E-state index contributed by atoms with van der Waals surface area (Å²) in [5.41, 5.74) is 0. The quantitative estimate of drug-likeness (QED) is 0.529. The molecule has 0 fully saturated rings. The van der Waals surface area contributed by atoms with E-state index in [4.69, 9.17) is 0 Å². The van der Waals surface area contributed by atoms with Crippen molar-refractivity contribution in [2.24, 2.45) is 0 Å². The smallest absolute Gasteiger partial charge is 0.307 e. The van der Waals surface area contributed by atoms with Crippen LogP contribution in [0.15, 0.2) is 18.6 Å². The third kappa shape index (κ3) is 5.96. The summed E-state index contributed by atoms with van der Waals surface area (Å²) in [5.74, 6) is -0.0185. The van der Waals surface area contributed by atoms with E-state index in [9.17, 15) is 8.42 Å². The van der Waals surface area contributed by atoms with E-state index >= 15 is 0 Å². The molecule has 0 amide bonds. The first kappa shape index (κ1) is 14.3. The first-order chi connectivity index (χ1) is 5.08. The van der Waals surface area contributed by atoms with Crippen molar-refractivity contribution in [3.63, 3.8) is 0 Å². The normalized spacial score (nSPS) is 9.31. The highest BCUT2D eigenvalue weighted by molar-refractivity contribution is 7.86. The molecule has 0 saturated carbocycles. The maximum absolute atomic E-state index is 10.5. The Kier molecular flexibility index (Phi) is 5.94. The Hall–Kier alpha value is -1.25. The van der Waals surface area contributed by atoms with E-state index in [0.29, 0.717) is 0 Å². The van der Waals surface area contributed by atoms with E-state index in [1.54, 1.807) is 0 Å². The standard InChI is InChI=1S/C5H6N2O3S.2H2O/c1-11(8,9)10-5-4-6-2-3-7-5;;/h2-4H,1H3;2*1H2. The molecule has 76 valence electrons. The van der Waals surface area contributed by atoms with Crippen LogP contribution in [0.25, 0.3) is 0 Å². The van der Waals surface area contributed by atoms with Crippen molar-refractivity contribution in [2.45, 2.75) is 0 Å². The molecular weight excluding hydrogens is 200 g/mol. The van der Waals surface area contributed by atoms with Crippen LogP contribution in [0, 0.1) is 0 Å². The number of rotatable bonds is 2. The molecule has 4 N–H and O–H groups in total. The molecule has 0 aliphatic carbocycles. The van der Waals surface area contributed by atoms with Gasteiger partial charge in [0.1, 0.15) is 0 Å². The molecule has 0 unspecified atom stereocenters. The maximum Gasteiger partial charge on any atom is 0.307 e. The van der Waals surface area contributed by atoms with Crippen LogP contribution in [-0.4, -0.2) is 35.6 Å². The molecule has 0 spiro atoms. The summed E-state index contributed by atoms with van der Waals surface area (Å²) in [7, 11) is -3.48. The van der Waals surface area contributed by atoms with Crippen molar-refractivity contribution < 1.29 is 23.6 Å². The summed E-state index contributed by atoms with van der Waals surface area (Å²) in [6.07, 6.45) is 4.94. The van der Waals surface area contributed by atoms with Crippen molar-refractivity contribution in [2.75, 3.05) is 6.26 Å². The van der Waals surface area contributed by atoms with Gasteiger partial charge in [-0.1, -0.05) is 0 Å². The highest BCUT2D eigenvalue weighted by Gasteiger charge is 2.03. The molecule has 0 aliphatic heterocycles. The molecule has 13 heavy (non-hydrogen) atoms. The topological polar surface area (TPSA) is 132 Å². The molecule has 1 aromatic heterocycles. The lowest BCUT2D eigenvalue weighted by molar-refractivity contribution is 0.481. The van der Waals surface area contributed by atoms with Gasteiger partial charge in [-0.3, -0.25) is 4.98 Å². The molecule has 0 bridgehead atoms. The van der Waals surface area contributed by atoms with E-state index < -0.39 is 10.1 Å². The van der Waals surface area contributed by atoms with E-state index in [2.05, 4.69) is 14.2 Å². The third-order valence-corrected chi connectivity index (χ3v) is 1.25. The Labute approximate surface area is 75.1 Å². The van der Waals surface area contributed by atoms with Gasteiger partial charge in [0.25, 0.3) is 5.88 Å². The zero-order chi connectivity index (χ0) is 8.32. The van der Waals surface area contributed by atoms with E-state index in [1.165, 1.54) is 18.6 Å². The molecule has 1 aromatic rings. The molecule has 0 aliphatic rings. The van der Waals surface area contributed by atoms with Crippen LogP contribution in [0.1, 0.15) is 0 Å². The Morgan fingerprint density at radius 2 is 1.92 bits per heavy atom. The fraction of sp³-hybridized carbons (Fsp3) is 0.200. The van der Waals surface area contributed by atoms with Gasteiger partial charge in [0, 0.05) is 12.4 Å². The summed E-state index contributed by atoms with van der Waals surface area (Å²) in [5, 5.41) is 0. The van der Waals surface area contributed by atoms with Gasteiger partial charge < -0.3 is 15.1 Å². The zero-order valence-corrected chi connectivity index (χ0v) is 7.58. The third-order valence-electron chi connectivity index (χ3n) is 0.776. The highest BCUT2D eigenvalue weighted by atomic mass is 32.2. The van der Waals surface area contributed by atoms with Gasteiger partial charge in [-0.05, 0) is 0 Å². The van der Waals surface area contributed by atoms with Gasteiger partial charge in [0.15, 0.2) is 0 Å². The van der Waals surface area contributed by atoms with Crippen molar-refractivity contribution in [1.82, 2.24) is 9.97 Å². The molecule has 1 rings (SSSR count). The van der Waals surface area contributed by atoms with Gasteiger partial charge in [0.2, 0.25) is 0 Å². The molecule has 0 saturated heterocycles. The lowest BCUT2D eigenvalue weighted by atomic mass is 10.7. The first-order valence-corrected chi connectivity index (χ1v) is 4.55. The monoisotopic (exact) mass is 210 g/mol. The summed E-state index contributed by atoms with van der Waals surface area (Å²) < 4.78 is 25.4. The van der Waals surface area contributed by atoms with Crippen LogP contribution in [0.2, 0.25) is 0 Å². The summed E-state index contributed by atoms with van der Waals surface area (Å²) in [6.45, 7) is 0. The number of hydrogen-bond donors (Lipinski definition) is 0. The second-order valence-corrected chi connectivity index (χ2v) is 3.41. The van der Waals surface area contributed by atoms with Crippen molar-refractivity contribution in [3.8, 4) is 5.88 Å². The zero-order valence-electron chi connectivity index (χ0n) is 6.76. The lowest BCUT2D eigenvalue weighted by Crippen LogP contribution is -2.06. The number of aromatic nitrogens is 2. The Morgan fingerprint density at radius 1 is 1.31 bits per heavy atom. The van der Waals surface area contributed by atoms with Gasteiger partial charge >= 0.3 is 10.1 Å². The average molecular weight is 210 g/mol. The minimum absolute atomic E-state index is 0. The average Bonchev–Trinajstić information content (AvgIpc) is 1.85. The van der Waals surface area contributed by atoms with Crippen LogP contribution in [0.4, 0.5) is 0 Å². The van der Waals surface area contributed by atoms with Crippen LogP contribution < -0.4 is 4.18 Å². The Morgan fingerprint density at radius 3 is 2.31 bits per heavy atom. The van der Waals surface area contributed by atoms with E-state index in [0.717, 1.165) is 6.26 Å². The summed E-state index contributed by atoms with van der Waals surface area (Å²) >= 11 is 0. The molecule has 0 radical (unpaired) electrons. The second kappa shape index (κ2) is 5.41.